The Morgan fingerprint density at radius 1 is 1.18 bits per heavy atom. The van der Waals surface area contributed by atoms with E-state index in [0.29, 0.717) is 6.61 Å². The van der Waals surface area contributed by atoms with Crippen molar-refractivity contribution < 1.29 is 9.84 Å². The quantitative estimate of drug-likeness (QED) is 0.845. The molecule has 2 rings (SSSR count). The van der Waals surface area contributed by atoms with Crippen molar-refractivity contribution in [3.8, 4) is 5.75 Å². The molecule has 0 aromatic heterocycles. The molecule has 3 N–H and O–H groups in total. The van der Waals surface area contributed by atoms with Gasteiger partial charge >= 0.3 is 0 Å². The van der Waals surface area contributed by atoms with Crippen LogP contribution in [0.15, 0.2) is 42.5 Å². The number of fused-ring (bicyclic) bond motifs is 1. The van der Waals surface area contributed by atoms with Gasteiger partial charge in [-0.05, 0) is 29.8 Å². The summed E-state index contributed by atoms with van der Waals surface area (Å²) < 4.78 is 5.58. The lowest BCUT2D eigenvalue weighted by Gasteiger charge is -2.21. The van der Waals surface area contributed by atoms with Gasteiger partial charge in [0.1, 0.15) is 12.4 Å². The Bertz CT molecular complexity index is 508. The lowest BCUT2D eigenvalue weighted by Crippen LogP contribution is -2.45. The van der Waals surface area contributed by atoms with Crippen molar-refractivity contribution in [2.24, 2.45) is 5.73 Å². The number of benzene rings is 2. The van der Waals surface area contributed by atoms with E-state index >= 15 is 0 Å². The highest BCUT2D eigenvalue weighted by molar-refractivity contribution is 5.83. The first kappa shape index (κ1) is 11.9. The Labute approximate surface area is 101 Å². The minimum Gasteiger partial charge on any atom is -0.492 e. The number of hydrogen-bond donors (Lipinski definition) is 2. The normalized spacial score (nSPS) is 14.5. The second-order valence-electron chi connectivity index (χ2n) is 4.61. The minimum atomic E-state index is -0.703. The predicted molar refractivity (Wildman–Crippen MR) is 69.1 cm³/mol. The van der Waals surface area contributed by atoms with E-state index in [9.17, 15) is 0 Å². The van der Waals surface area contributed by atoms with Crippen LogP contribution in [0.2, 0.25) is 0 Å². The number of hydrogen-bond acceptors (Lipinski definition) is 3. The van der Waals surface area contributed by atoms with E-state index in [0.717, 1.165) is 11.1 Å². The second-order valence-corrected chi connectivity index (χ2v) is 4.61. The molecule has 3 heteroatoms. The van der Waals surface area contributed by atoms with Gasteiger partial charge in [0, 0.05) is 0 Å². The zero-order chi connectivity index (χ0) is 12.3. The van der Waals surface area contributed by atoms with Crippen molar-refractivity contribution >= 4 is 10.8 Å². The van der Waals surface area contributed by atoms with Crippen LogP contribution in [0.5, 0.6) is 5.75 Å². The van der Waals surface area contributed by atoms with Crippen LogP contribution in [0.25, 0.3) is 10.8 Å². The molecule has 1 atom stereocenters. The van der Waals surface area contributed by atoms with Gasteiger partial charge < -0.3 is 15.6 Å². The van der Waals surface area contributed by atoms with Crippen LogP contribution in [-0.4, -0.2) is 23.9 Å². The Morgan fingerprint density at radius 3 is 2.59 bits per heavy atom. The first-order valence-corrected chi connectivity index (χ1v) is 5.62. The van der Waals surface area contributed by atoms with Crippen molar-refractivity contribution in [3.63, 3.8) is 0 Å². The van der Waals surface area contributed by atoms with E-state index in [-0.39, 0.29) is 6.61 Å². The topological polar surface area (TPSA) is 55.5 Å². The molecule has 0 aliphatic carbocycles. The van der Waals surface area contributed by atoms with Crippen LogP contribution in [-0.2, 0) is 0 Å². The Kier molecular flexibility index (Phi) is 3.31. The molecule has 0 radical (unpaired) electrons. The van der Waals surface area contributed by atoms with Crippen LogP contribution in [0.1, 0.15) is 6.92 Å². The van der Waals surface area contributed by atoms with Crippen molar-refractivity contribution in [2.45, 2.75) is 12.5 Å². The molecule has 0 spiro atoms. The fourth-order valence-corrected chi connectivity index (χ4v) is 1.55. The van der Waals surface area contributed by atoms with E-state index in [4.69, 9.17) is 15.6 Å². The van der Waals surface area contributed by atoms with Gasteiger partial charge in [0.05, 0.1) is 12.1 Å². The summed E-state index contributed by atoms with van der Waals surface area (Å²) in [7, 11) is 0. The summed E-state index contributed by atoms with van der Waals surface area (Å²) in [4.78, 5) is 0. The smallest absolute Gasteiger partial charge is 0.120 e. The molecular formula is C14H17NO2. The summed E-state index contributed by atoms with van der Waals surface area (Å²) in [5.41, 5.74) is 5.10. The fourth-order valence-electron chi connectivity index (χ4n) is 1.55. The molecule has 0 bridgehead atoms. The molecule has 0 heterocycles. The third kappa shape index (κ3) is 2.96. The Morgan fingerprint density at radius 2 is 1.88 bits per heavy atom. The first-order chi connectivity index (χ1) is 8.11. The van der Waals surface area contributed by atoms with Gasteiger partial charge in [-0.25, -0.2) is 0 Å². The summed E-state index contributed by atoms with van der Waals surface area (Å²) in [5, 5.41) is 11.3. The molecular weight excluding hydrogens is 214 g/mol. The van der Waals surface area contributed by atoms with Gasteiger partial charge in [-0.2, -0.15) is 0 Å². The van der Waals surface area contributed by atoms with Crippen LogP contribution >= 0.6 is 0 Å². The largest absolute Gasteiger partial charge is 0.492 e. The highest BCUT2D eigenvalue weighted by atomic mass is 16.5. The molecule has 2 aromatic rings. The van der Waals surface area contributed by atoms with Crippen molar-refractivity contribution in [1.29, 1.82) is 0 Å². The molecule has 2 aromatic carbocycles. The van der Waals surface area contributed by atoms with Crippen LogP contribution in [0.4, 0.5) is 0 Å². The first-order valence-electron chi connectivity index (χ1n) is 5.62. The lowest BCUT2D eigenvalue weighted by molar-refractivity contribution is 0.146. The van der Waals surface area contributed by atoms with Gasteiger partial charge in [-0.3, -0.25) is 0 Å². The Hall–Kier alpha value is -1.58. The van der Waals surface area contributed by atoms with Crippen LogP contribution in [0.3, 0.4) is 0 Å². The monoisotopic (exact) mass is 231 g/mol. The number of nitrogens with two attached hydrogens (primary N) is 1. The van der Waals surface area contributed by atoms with E-state index in [1.165, 1.54) is 5.39 Å². The van der Waals surface area contributed by atoms with Gasteiger partial charge in [0.15, 0.2) is 0 Å². The number of rotatable bonds is 4. The molecule has 0 aliphatic heterocycles. The summed E-state index contributed by atoms with van der Waals surface area (Å²) in [6.45, 7) is 1.95. The number of aliphatic hydroxyl groups is 1. The minimum absolute atomic E-state index is 0.0966. The average Bonchev–Trinajstić information content (AvgIpc) is 2.36. The summed E-state index contributed by atoms with van der Waals surface area (Å²) in [6, 6.07) is 14.0. The zero-order valence-corrected chi connectivity index (χ0v) is 9.89. The second kappa shape index (κ2) is 4.73. The van der Waals surface area contributed by atoms with Crippen LogP contribution in [0, 0.1) is 0 Å². The highest BCUT2D eigenvalue weighted by Crippen LogP contribution is 2.21. The highest BCUT2D eigenvalue weighted by Gasteiger charge is 2.17. The molecule has 0 saturated carbocycles. The standard InChI is InChI=1S/C14H17NO2/c1-14(15,9-16)10-17-13-7-6-11-4-2-3-5-12(11)8-13/h2-8,16H,9-10,15H2,1H3. The number of aliphatic hydroxyl groups excluding tert-OH is 1. The molecule has 3 nitrogen and oxygen atoms in total. The summed E-state index contributed by atoms with van der Waals surface area (Å²) >= 11 is 0. The maximum absolute atomic E-state index is 9.04. The van der Waals surface area contributed by atoms with E-state index in [2.05, 4.69) is 6.07 Å². The third-order valence-electron chi connectivity index (χ3n) is 2.65. The molecule has 90 valence electrons. The zero-order valence-electron chi connectivity index (χ0n) is 9.89. The third-order valence-corrected chi connectivity index (χ3v) is 2.65. The van der Waals surface area contributed by atoms with E-state index < -0.39 is 5.54 Å². The molecule has 17 heavy (non-hydrogen) atoms. The van der Waals surface area contributed by atoms with Crippen molar-refractivity contribution in [1.82, 2.24) is 0 Å². The average molecular weight is 231 g/mol. The number of ether oxygens (including phenoxy) is 1. The van der Waals surface area contributed by atoms with Crippen LogP contribution < -0.4 is 10.5 Å². The predicted octanol–water partition coefficient (Wildman–Crippen LogP) is 1.93. The molecule has 0 saturated heterocycles. The van der Waals surface area contributed by atoms with Crippen molar-refractivity contribution in [2.75, 3.05) is 13.2 Å². The molecule has 0 fully saturated rings. The Balaban J connectivity index is 2.14. The summed E-state index contributed by atoms with van der Waals surface area (Å²) in [5.74, 6) is 0.772. The van der Waals surface area contributed by atoms with Gasteiger partial charge in [0.2, 0.25) is 0 Å². The van der Waals surface area contributed by atoms with Crippen molar-refractivity contribution in [3.05, 3.63) is 42.5 Å². The maximum atomic E-state index is 9.04. The van der Waals surface area contributed by atoms with Gasteiger partial charge in [-0.1, -0.05) is 30.3 Å². The van der Waals surface area contributed by atoms with Gasteiger partial charge in [-0.15, -0.1) is 0 Å². The SMILES string of the molecule is CC(N)(CO)COc1ccc2ccccc2c1. The maximum Gasteiger partial charge on any atom is 0.120 e. The molecule has 0 amide bonds. The van der Waals surface area contributed by atoms with E-state index in [1.807, 2.05) is 36.4 Å². The lowest BCUT2D eigenvalue weighted by atomic mass is 10.1. The van der Waals surface area contributed by atoms with E-state index in [1.54, 1.807) is 6.92 Å². The van der Waals surface area contributed by atoms with Gasteiger partial charge in [0.25, 0.3) is 0 Å². The molecule has 0 aliphatic rings. The molecule has 1 unspecified atom stereocenters. The summed E-state index contributed by atoms with van der Waals surface area (Å²) in [6.07, 6.45) is 0. The fraction of sp³-hybridized carbons (Fsp3) is 0.286.